The van der Waals surface area contributed by atoms with Gasteiger partial charge in [0.25, 0.3) is 0 Å². The largest absolute Gasteiger partial charge is 0.469 e. The Morgan fingerprint density at radius 1 is 1.15 bits per heavy atom. The van der Waals surface area contributed by atoms with Crippen LogP contribution >= 0.6 is 12.2 Å². The number of hydrogen-bond acceptors (Lipinski definition) is 3. The Bertz CT molecular complexity index is 613. The molecule has 2 heterocycles. The second-order valence-electron chi connectivity index (χ2n) is 4.55. The predicted octanol–water partition coefficient (Wildman–Crippen LogP) is 2.78. The highest BCUT2D eigenvalue weighted by Gasteiger charge is 2.10. The van der Waals surface area contributed by atoms with Crippen LogP contribution in [0.4, 0.5) is 0 Å². The van der Waals surface area contributed by atoms with Crippen LogP contribution in [-0.4, -0.2) is 27.9 Å². The molecule has 0 spiro atoms. The van der Waals surface area contributed by atoms with Gasteiger partial charge < -0.3 is 14.7 Å². The maximum absolute atomic E-state index is 11.1. The zero-order valence-corrected chi connectivity index (χ0v) is 12.5. The summed E-state index contributed by atoms with van der Waals surface area (Å²) in [7, 11) is 1.40. The number of nitrogens with one attached hydrogen (secondary N) is 2. The monoisotopic (exact) mass is 290 g/mol. The summed E-state index contributed by atoms with van der Waals surface area (Å²) in [4.78, 5) is 18.4. The number of carbonyl (C=O) groups excluding carboxylic acids is 1. The maximum Gasteiger partial charge on any atom is 0.305 e. The number of hydrogen-bond donors (Lipinski definition) is 2. The van der Waals surface area contributed by atoms with E-state index >= 15 is 0 Å². The molecule has 0 saturated carbocycles. The number of ether oxygens (including phenoxy) is 1. The molecule has 106 valence electrons. The van der Waals surface area contributed by atoms with Crippen molar-refractivity contribution in [3.05, 3.63) is 47.0 Å². The minimum Gasteiger partial charge on any atom is -0.469 e. The second kappa shape index (κ2) is 6.52. The Morgan fingerprint density at radius 2 is 1.75 bits per heavy atom. The molecule has 0 unspecified atom stereocenters. The normalized spacial score (nSPS) is 10.5. The van der Waals surface area contributed by atoms with Crippen molar-refractivity contribution in [3.63, 3.8) is 0 Å². The lowest BCUT2D eigenvalue weighted by molar-refractivity contribution is -0.140. The number of aryl methyl sites for hydroxylation is 2. The van der Waals surface area contributed by atoms with E-state index in [9.17, 15) is 4.79 Å². The molecule has 0 amide bonds. The Labute approximate surface area is 123 Å². The average Bonchev–Trinajstić information content (AvgIpc) is 3.12. The Kier molecular flexibility index (Phi) is 4.74. The lowest BCUT2D eigenvalue weighted by Gasteiger charge is -2.00. The van der Waals surface area contributed by atoms with Gasteiger partial charge in [-0.25, -0.2) is 0 Å². The smallest absolute Gasteiger partial charge is 0.305 e. The summed E-state index contributed by atoms with van der Waals surface area (Å²) in [6.07, 6.45) is 1.95. The number of methoxy groups -OCH3 is 1. The van der Waals surface area contributed by atoms with Gasteiger partial charge >= 0.3 is 5.97 Å². The highest BCUT2D eigenvalue weighted by Crippen LogP contribution is 2.13. The van der Waals surface area contributed by atoms with Crippen LogP contribution in [0.25, 0.3) is 0 Å². The summed E-state index contributed by atoms with van der Waals surface area (Å²) in [6, 6.07) is 7.94. The fraction of sp³-hybridized carbons (Fsp3) is 0.333. The molecule has 0 aliphatic carbocycles. The summed E-state index contributed by atoms with van der Waals surface area (Å²) < 4.78 is 4.63. The standard InChI is InChI=1S/C15H18N2O2S/c1-3-10-4-7-12(16-10)15(20)13-8-5-11(17-13)6-9-14(18)19-2/h4-5,7-8,16-17H,3,6,9H2,1-2H3. The number of carbonyl (C=O) groups is 1. The highest BCUT2D eigenvalue weighted by molar-refractivity contribution is 7.81. The Balaban J connectivity index is 2.04. The van der Waals surface area contributed by atoms with Gasteiger partial charge in [-0.1, -0.05) is 19.1 Å². The van der Waals surface area contributed by atoms with Crippen molar-refractivity contribution in [2.24, 2.45) is 0 Å². The molecular weight excluding hydrogens is 272 g/mol. The average molecular weight is 290 g/mol. The summed E-state index contributed by atoms with van der Waals surface area (Å²) in [5.41, 5.74) is 3.98. The van der Waals surface area contributed by atoms with E-state index in [1.54, 1.807) is 0 Å². The molecule has 0 aliphatic rings. The summed E-state index contributed by atoms with van der Waals surface area (Å²) in [6.45, 7) is 2.10. The molecule has 5 heteroatoms. The molecule has 0 aromatic carbocycles. The van der Waals surface area contributed by atoms with Crippen LogP contribution in [0.1, 0.15) is 36.1 Å². The van der Waals surface area contributed by atoms with Crippen LogP contribution in [0, 0.1) is 0 Å². The van der Waals surface area contributed by atoms with Gasteiger partial charge in [0, 0.05) is 11.4 Å². The molecule has 0 atom stereocenters. The summed E-state index contributed by atoms with van der Waals surface area (Å²) in [5.74, 6) is -0.208. The Morgan fingerprint density at radius 3 is 2.30 bits per heavy atom. The zero-order valence-electron chi connectivity index (χ0n) is 11.7. The van der Waals surface area contributed by atoms with Crippen molar-refractivity contribution in [2.75, 3.05) is 7.11 Å². The minimum absolute atomic E-state index is 0.208. The molecule has 20 heavy (non-hydrogen) atoms. The van der Waals surface area contributed by atoms with Gasteiger partial charge in [-0.3, -0.25) is 4.79 Å². The van der Waals surface area contributed by atoms with E-state index in [-0.39, 0.29) is 5.97 Å². The number of esters is 1. The van der Waals surface area contributed by atoms with Gasteiger partial charge in [0.1, 0.15) is 0 Å². The first-order valence-corrected chi connectivity index (χ1v) is 7.02. The summed E-state index contributed by atoms with van der Waals surface area (Å²) in [5, 5.41) is 0. The van der Waals surface area contributed by atoms with Crippen LogP contribution in [-0.2, 0) is 22.4 Å². The molecule has 0 saturated heterocycles. The molecular formula is C15H18N2O2S. The van der Waals surface area contributed by atoms with Crippen molar-refractivity contribution in [2.45, 2.75) is 26.2 Å². The van der Waals surface area contributed by atoms with Crippen molar-refractivity contribution >= 4 is 23.1 Å². The topological polar surface area (TPSA) is 57.9 Å². The van der Waals surface area contributed by atoms with Crippen molar-refractivity contribution < 1.29 is 9.53 Å². The van der Waals surface area contributed by atoms with Crippen LogP contribution in [0.15, 0.2) is 24.3 Å². The predicted molar refractivity (Wildman–Crippen MR) is 82.1 cm³/mol. The number of aromatic amines is 2. The minimum atomic E-state index is -0.208. The van der Waals surface area contributed by atoms with Gasteiger partial charge in [-0.2, -0.15) is 0 Å². The van der Waals surface area contributed by atoms with Crippen molar-refractivity contribution in [3.8, 4) is 0 Å². The molecule has 2 rings (SSSR count). The lowest BCUT2D eigenvalue weighted by Crippen LogP contribution is -2.03. The van der Waals surface area contributed by atoms with E-state index in [2.05, 4.69) is 21.6 Å². The van der Waals surface area contributed by atoms with Gasteiger partial charge in [0.2, 0.25) is 0 Å². The van der Waals surface area contributed by atoms with Gasteiger partial charge in [0.05, 0.1) is 29.8 Å². The Hall–Kier alpha value is -1.88. The highest BCUT2D eigenvalue weighted by atomic mass is 32.1. The second-order valence-corrected chi connectivity index (χ2v) is 4.96. The van der Waals surface area contributed by atoms with Gasteiger partial charge in [-0.05, 0) is 37.1 Å². The SMILES string of the molecule is CCc1ccc(C(=S)c2ccc(CCC(=O)OC)[nH]2)[nH]1. The van der Waals surface area contributed by atoms with Crippen LogP contribution in [0.2, 0.25) is 0 Å². The van der Waals surface area contributed by atoms with E-state index in [0.29, 0.717) is 12.8 Å². The van der Waals surface area contributed by atoms with Crippen LogP contribution in [0.3, 0.4) is 0 Å². The number of aromatic nitrogens is 2. The quantitative estimate of drug-likeness (QED) is 0.488. The molecule has 2 aromatic heterocycles. The first kappa shape index (κ1) is 14.5. The van der Waals surface area contributed by atoms with Crippen LogP contribution < -0.4 is 0 Å². The zero-order chi connectivity index (χ0) is 14.5. The molecule has 0 bridgehead atoms. The fourth-order valence-corrected chi connectivity index (χ4v) is 2.22. The maximum atomic E-state index is 11.1. The molecule has 2 N–H and O–H groups in total. The van der Waals surface area contributed by atoms with Crippen molar-refractivity contribution in [1.82, 2.24) is 9.97 Å². The third kappa shape index (κ3) is 3.36. The van der Waals surface area contributed by atoms with E-state index < -0.39 is 0 Å². The number of H-pyrrole nitrogens is 2. The number of thiocarbonyl (C=S) groups is 1. The fourth-order valence-electron chi connectivity index (χ4n) is 1.98. The molecule has 0 radical (unpaired) electrons. The van der Waals surface area contributed by atoms with Gasteiger partial charge in [-0.15, -0.1) is 0 Å². The third-order valence-electron chi connectivity index (χ3n) is 3.19. The van der Waals surface area contributed by atoms with E-state index in [0.717, 1.165) is 28.4 Å². The number of rotatable bonds is 6. The van der Waals surface area contributed by atoms with E-state index in [1.807, 2.05) is 24.3 Å². The van der Waals surface area contributed by atoms with E-state index in [4.69, 9.17) is 12.2 Å². The third-order valence-corrected chi connectivity index (χ3v) is 3.63. The lowest BCUT2D eigenvalue weighted by atomic mass is 10.2. The van der Waals surface area contributed by atoms with Crippen LogP contribution in [0.5, 0.6) is 0 Å². The molecule has 0 aliphatic heterocycles. The first-order valence-electron chi connectivity index (χ1n) is 6.61. The summed E-state index contributed by atoms with van der Waals surface area (Å²) >= 11 is 5.47. The van der Waals surface area contributed by atoms with Crippen molar-refractivity contribution in [1.29, 1.82) is 0 Å². The molecule has 0 fully saturated rings. The molecule has 2 aromatic rings. The van der Waals surface area contributed by atoms with E-state index in [1.165, 1.54) is 12.8 Å². The first-order chi connectivity index (χ1) is 9.63. The van der Waals surface area contributed by atoms with Gasteiger partial charge in [0.15, 0.2) is 0 Å². The molecule has 4 nitrogen and oxygen atoms in total.